The van der Waals surface area contributed by atoms with Crippen molar-refractivity contribution in [1.82, 2.24) is 5.32 Å². The van der Waals surface area contributed by atoms with E-state index in [-0.39, 0.29) is 0 Å². The number of hydrogen-bond acceptors (Lipinski definition) is 3. The summed E-state index contributed by atoms with van der Waals surface area (Å²) in [6, 6.07) is 8.52. The Balaban J connectivity index is 2.31. The van der Waals surface area contributed by atoms with Gasteiger partial charge in [0, 0.05) is 25.3 Å². The molecule has 1 N–H and O–H groups in total. The number of benzene rings is 1. The molecule has 0 atom stereocenters. The van der Waals surface area contributed by atoms with Gasteiger partial charge in [-0.05, 0) is 13.3 Å². The fourth-order valence-electron chi connectivity index (χ4n) is 1.32. The third-order valence-electron chi connectivity index (χ3n) is 2.20. The van der Waals surface area contributed by atoms with Crippen molar-refractivity contribution in [2.24, 2.45) is 0 Å². The molecule has 0 spiro atoms. The normalized spacial score (nSPS) is 9.94. The quantitative estimate of drug-likeness (QED) is 0.441. The monoisotopic (exact) mass is 235 g/mol. The molecule has 0 aromatic heterocycles. The van der Waals surface area contributed by atoms with Crippen LogP contribution in [0.4, 0.5) is 0 Å². The Labute approximate surface area is 101 Å². The van der Waals surface area contributed by atoms with E-state index < -0.39 is 11.7 Å². The summed E-state index contributed by atoms with van der Waals surface area (Å²) in [5.41, 5.74) is 0.412. The number of ether oxygens (including phenoxy) is 1. The predicted octanol–water partition coefficient (Wildman–Crippen LogP) is 1.41. The maximum absolute atomic E-state index is 11.6. The lowest BCUT2D eigenvalue weighted by Gasteiger charge is -2.04. The van der Waals surface area contributed by atoms with E-state index in [0.717, 1.165) is 0 Å². The minimum Gasteiger partial charge on any atom is -0.382 e. The molecule has 1 amide bonds. The second kappa shape index (κ2) is 7.57. The summed E-state index contributed by atoms with van der Waals surface area (Å²) in [4.78, 5) is 23.1. The molecule has 0 bridgehead atoms. The molecule has 0 aliphatic heterocycles. The first-order valence-electron chi connectivity index (χ1n) is 5.71. The van der Waals surface area contributed by atoms with Crippen molar-refractivity contribution in [1.29, 1.82) is 0 Å². The molecule has 92 valence electrons. The van der Waals surface area contributed by atoms with E-state index in [1.54, 1.807) is 30.3 Å². The van der Waals surface area contributed by atoms with Crippen LogP contribution in [0.25, 0.3) is 0 Å². The van der Waals surface area contributed by atoms with Crippen LogP contribution in [-0.2, 0) is 9.53 Å². The van der Waals surface area contributed by atoms with Crippen LogP contribution in [0.2, 0.25) is 0 Å². The van der Waals surface area contributed by atoms with Crippen LogP contribution >= 0.6 is 0 Å². The number of Topliss-reactive ketones (excluding diaryl/α,β-unsaturated/α-hetero) is 1. The number of ketones is 1. The highest BCUT2D eigenvalue weighted by Crippen LogP contribution is 1.99. The lowest BCUT2D eigenvalue weighted by atomic mass is 10.1. The summed E-state index contributed by atoms with van der Waals surface area (Å²) in [6.07, 6.45) is 0.710. The Kier molecular flexibility index (Phi) is 5.96. The van der Waals surface area contributed by atoms with Crippen LogP contribution < -0.4 is 5.32 Å². The van der Waals surface area contributed by atoms with Gasteiger partial charge in [-0.3, -0.25) is 9.59 Å². The average Bonchev–Trinajstić information content (AvgIpc) is 2.38. The fourth-order valence-corrected chi connectivity index (χ4v) is 1.32. The zero-order valence-electron chi connectivity index (χ0n) is 9.94. The second-order valence-electron chi connectivity index (χ2n) is 3.50. The first-order chi connectivity index (χ1) is 8.25. The van der Waals surface area contributed by atoms with Crippen molar-refractivity contribution in [3.63, 3.8) is 0 Å². The predicted molar refractivity (Wildman–Crippen MR) is 64.9 cm³/mol. The maximum atomic E-state index is 11.6. The summed E-state index contributed by atoms with van der Waals surface area (Å²) < 4.78 is 5.12. The van der Waals surface area contributed by atoms with Gasteiger partial charge >= 0.3 is 0 Å². The molecule has 0 radical (unpaired) electrons. The average molecular weight is 235 g/mol. The van der Waals surface area contributed by atoms with Gasteiger partial charge in [0.1, 0.15) is 0 Å². The van der Waals surface area contributed by atoms with Crippen LogP contribution in [-0.4, -0.2) is 31.4 Å². The van der Waals surface area contributed by atoms with Crippen molar-refractivity contribution in [3.05, 3.63) is 35.9 Å². The molecule has 0 saturated carbocycles. The Morgan fingerprint density at radius 2 is 1.94 bits per heavy atom. The van der Waals surface area contributed by atoms with Gasteiger partial charge in [0.25, 0.3) is 5.91 Å². The van der Waals surface area contributed by atoms with Gasteiger partial charge < -0.3 is 10.1 Å². The molecule has 4 heteroatoms. The van der Waals surface area contributed by atoms with Gasteiger partial charge in [0.05, 0.1) is 0 Å². The smallest absolute Gasteiger partial charge is 0.292 e. The van der Waals surface area contributed by atoms with E-state index >= 15 is 0 Å². The van der Waals surface area contributed by atoms with Crippen LogP contribution in [0.3, 0.4) is 0 Å². The number of nitrogens with one attached hydrogen (secondary N) is 1. The lowest BCUT2D eigenvalue weighted by Crippen LogP contribution is -2.32. The zero-order chi connectivity index (χ0) is 12.5. The topological polar surface area (TPSA) is 55.4 Å². The van der Waals surface area contributed by atoms with Crippen molar-refractivity contribution in [3.8, 4) is 0 Å². The van der Waals surface area contributed by atoms with Crippen molar-refractivity contribution in [2.45, 2.75) is 13.3 Å². The van der Waals surface area contributed by atoms with Gasteiger partial charge in [-0.2, -0.15) is 0 Å². The van der Waals surface area contributed by atoms with Gasteiger partial charge in [-0.1, -0.05) is 30.3 Å². The highest BCUT2D eigenvalue weighted by molar-refractivity contribution is 6.42. The summed E-state index contributed by atoms with van der Waals surface area (Å²) in [7, 11) is 0. The molecule has 0 fully saturated rings. The molecular formula is C13H17NO3. The van der Waals surface area contributed by atoms with E-state index in [9.17, 15) is 9.59 Å². The molecule has 4 nitrogen and oxygen atoms in total. The Morgan fingerprint density at radius 3 is 2.59 bits per heavy atom. The van der Waals surface area contributed by atoms with E-state index in [0.29, 0.717) is 31.7 Å². The number of carbonyl (C=O) groups excluding carboxylic acids is 2. The molecule has 0 heterocycles. The molecular weight excluding hydrogens is 218 g/mol. The largest absolute Gasteiger partial charge is 0.382 e. The van der Waals surface area contributed by atoms with Crippen LogP contribution in [0, 0.1) is 0 Å². The molecule has 1 aromatic carbocycles. The van der Waals surface area contributed by atoms with E-state index in [1.165, 1.54) is 0 Å². The third-order valence-corrected chi connectivity index (χ3v) is 2.20. The van der Waals surface area contributed by atoms with Crippen LogP contribution in [0.1, 0.15) is 23.7 Å². The number of hydrogen-bond donors (Lipinski definition) is 1. The van der Waals surface area contributed by atoms with Gasteiger partial charge in [0.15, 0.2) is 0 Å². The van der Waals surface area contributed by atoms with Crippen molar-refractivity contribution < 1.29 is 14.3 Å². The van der Waals surface area contributed by atoms with Gasteiger partial charge in [0.2, 0.25) is 5.78 Å². The molecule has 0 unspecified atom stereocenters. The lowest BCUT2D eigenvalue weighted by molar-refractivity contribution is -0.117. The highest BCUT2D eigenvalue weighted by atomic mass is 16.5. The molecule has 0 saturated heterocycles. The molecule has 0 aliphatic rings. The number of carbonyl (C=O) groups is 2. The first kappa shape index (κ1) is 13.4. The molecule has 0 aliphatic carbocycles. The standard InChI is InChI=1S/C13H17NO3/c1-2-17-10-6-9-14-13(16)12(15)11-7-4-3-5-8-11/h3-5,7-8H,2,6,9-10H2,1H3,(H,14,16). The molecule has 1 rings (SSSR count). The summed E-state index contributed by atoms with van der Waals surface area (Å²) >= 11 is 0. The van der Waals surface area contributed by atoms with Gasteiger partial charge in [-0.25, -0.2) is 0 Å². The van der Waals surface area contributed by atoms with E-state index in [1.807, 2.05) is 6.92 Å². The zero-order valence-corrected chi connectivity index (χ0v) is 9.94. The summed E-state index contributed by atoms with van der Waals surface area (Å²) in [5, 5.41) is 2.57. The van der Waals surface area contributed by atoms with Crippen molar-refractivity contribution in [2.75, 3.05) is 19.8 Å². The van der Waals surface area contributed by atoms with E-state index in [2.05, 4.69) is 5.32 Å². The Bertz CT molecular complexity index is 362. The summed E-state index contributed by atoms with van der Waals surface area (Å²) in [6.45, 7) is 3.63. The molecule has 1 aromatic rings. The fraction of sp³-hybridized carbons (Fsp3) is 0.385. The van der Waals surface area contributed by atoms with E-state index in [4.69, 9.17) is 4.74 Å². The third kappa shape index (κ3) is 4.78. The number of rotatable bonds is 7. The second-order valence-corrected chi connectivity index (χ2v) is 3.50. The Hall–Kier alpha value is -1.68. The Morgan fingerprint density at radius 1 is 1.24 bits per heavy atom. The SMILES string of the molecule is CCOCCCNC(=O)C(=O)c1ccccc1. The highest BCUT2D eigenvalue weighted by Gasteiger charge is 2.14. The number of amides is 1. The maximum Gasteiger partial charge on any atom is 0.292 e. The van der Waals surface area contributed by atoms with Crippen molar-refractivity contribution >= 4 is 11.7 Å². The minimum absolute atomic E-state index is 0.412. The van der Waals surface area contributed by atoms with Crippen LogP contribution in [0.5, 0.6) is 0 Å². The first-order valence-corrected chi connectivity index (χ1v) is 5.71. The van der Waals surface area contributed by atoms with Gasteiger partial charge in [-0.15, -0.1) is 0 Å². The van der Waals surface area contributed by atoms with Crippen LogP contribution in [0.15, 0.2) is 30.3 Å². The minimum atomic E-state index is -0.562. The summed E-state index contributed by atoms with van der Waals surface area (Å²) in [5.74, 6) is -1.06. The molecule has 17 heavy (non-hydrogen) atoms.